The van der Waals surface area contributed by atoms with Gasteiger partial charge in [0.05, 0.1) is 0 Å². The number of hydrogen-bond acceptors (Lipinski definition) is 3. The maximum absolute atomic E-state index is 12.0. The number of likely N-dealkylation sites (N-methyl/N-ethyl adjacent to an activating group) is 1. The molecule has 0 bridgehead atoms. The van der Waals surface area contributed by atoms with Gasteiger partial charge >= 0.3 is 0 Å². The molecule has 0 aliphatic carbocycles. The summed E-state index contributed by atoms with van der Waals surface area (Å²) in [5.74, 6) is 0. The quantitative estimate of drug-likeness (QED) is 0.791. The van der Waals surface area contributed by atoms with Crippen LogP contribution in [0.2, 0.25) is 0 Å². The molecule has 0 saturated carbocycles. The van der Waals surface area contributed by atoms with Gasteiger partial charge in [-0.05, 0) is 38.4 Å². The second kappa shape index (κ2) is 6.68. The molecule has 0 unspecified atom stereocenters. The molecule has 108 valence electrons. The molecule has 0 aliphatic rings. The number of para-hydroxylation sites is 1. The second-order valence-electron chi connectivity index (χ2n) is 5.46. The van der Waals surface area contributed by atoms with E-state index in [9.17, 15) is 4.79 Å². The van der Waals surface area contributed by atoms with Crippen LogP contribution in [0.4, 0.5) is 0 Å². The van der Waals surface area contributed by atoms with Crippen molar-refractivity contribution in [1.82, 2.24) is 15.2 Å². The summed E-state index contributed by atoms with van der Waals surface area (Å²) in [7, 11) is 2.11. The van der Waals surface area contributed by atoms with Crippen LogP contribution in [0.1, 0.15) is 19.4 Å². The number of pyridine rings is 1. The van der Waals surface area contributed by atoms with E-state index in [2.05, 4.69) is 36.1 Å². The Morgan fingerprint density at radius 3 is 2.80 bits per heavy atom. The van der Waals surface area contributed by atoms with Gasteiger partial charge in [0.2, 0.25) is 0 Å². The van der Waals surface area contributed by atoms with Gasteiger partial charge in [-0.1, -0.05) is 18.2 Å². The predicted octanol–water partition coefficient (Wildman–Crippen LogP) is 1.96. The Balaban J connectivity index is 1.96. The molecule has 1 aromatic carbocycles. The summed E-state index contributed by atoms with van der Waals surface area (Å²) in [5, 5.41) is 4.40. The Bertz CT molecular complexity index is 618. The molecule has 1 aromatic heterocycles. The molecule has 0 saturated heterocycles. The Morgan fingerprint density at radius 1 is 1.30 bits per heavy atom. The zero-order chi connectivity index (χ0) is 14.5. The topological polar surface area (TPSA) is 48.1 Å². The van der Waals surface area contributed by atoms with Crippen LogP contribution in [-0.4, -0.2) is 36.1 Å². The first-order chi connectivity index (χ1) is 9.58. The summed E-state index contributed by atoms with van der Waals surface area (Å²) in [5.41, 5.74) is 1.67. The zero-order valence-electron chi connectivity index (χ0n) is 12.4. The first-order valence-electron chi connectivity index (χ1n) is 7.10. The van der Waals surface area contributed by atoms with Gasteiger partial charge in [-0.15, -0.1) is 0 Å². The van der Waals surface area contributed by atoms with E-state index in [0.717, 1.165) is 29.6 Å². The fourth-order valence-corrected chi connectivity index (χ4v) is 2.06. The van der Waals surface area contributed by atoms with Crippen LogP contribution in [0.3, 0.4) is 0 Å². The van der Waals surface area contributed by atoms with Gasteiger partial charge in [-0.3, -0.25) is 4.79 Å². The van der Waals surface area contributed by atoms with E-state index in [4.69, 9.17) is 0 Å². The Kier molecular flexibility index (Phi) is 4.93. The monoisotopic (exact) mass is 273 g/mol. The average molecular weight is 273 g/mol. The number of nitrogens with zero attached hydrogens (tertiary/aromatic N) is 1. The molecule has 2 rings (SSSR count). The summed E-state index contributed by atoms with van der Waals surface area (Å²) in [6.45, 7) is 6.80. The van der Waals surface area contributed by atoms with Crippen LogP contribution < -0.4 is 10.9 Å². The summed E-state index contributed by atoms with van der Waals surface area (Å²) in [4.78, 5) is 17.2. The number of aromatic amines is 1. The van der Waals surface area contributed by atoms with Crippen molar-refractivity contribution in [1.29, 1.82) is 0 Å². The first-order valence-corrected chi connectivity index (χ1v) is 7.10. The normalized spacial score (nSPS) is 11.7. The number of H-pyrrole nitrogens is 1. The van der Waals surface area contributed by atoms with Crippen molar-refractivity contribution in [2.75, 3.05) is 20.1 Å². The maximum atomic E-state index is 12.0. The van der Waals surface area contributed by atoms with Crippen LogP contribution in [0, 0.1) is 0 Å². The molecule has 4 nitrogen and oxygen atoms in total. The van der Waals surface area contributed by atoms with Crippen molar-refractivity contribution in [3.63, 3.8) is 0 Å². The van der Waals surface area contributed by atoms with E-state index in [0.29, 0.717) is 12.6 Å². The number of rotatable bonds is 6. The molecule has 1 heterocycles. The van der Waals surface area contributed by atoms with Gasteiger partial charge in [0.1, 0.15) is 0 Å². The molecule has 0 amide bonds. The minimum absolute atomic E-state index is 0.00610. The molecule has 2 N–H and O–H groups in total. The van der Waals surface area contributed by atoms with Crippen molar-refractivity contribution in [2.24, 2.45) is 0 Å². The lowest BCUT2D eigenvalue weighted by atomic mass is 10.1. The van der Waals surface area contributed by atoms with Gasteiger partial charge in [0.15, 0.2) is 0 Å². The molecular formula is C16H23N3O. The largest absolute Gasteiger partial charge is 0.322 e. The average Bonchev–Trinajstić information content (AvgIpc) is 2.43. The van der Waals surface area contributed by atoms with Crippen LogP contribution in [0.5, 0.6) is 0 Å². The smallest absolute Gasteiger partial charge is 0.252 e. The molecule has 0 radical (unpaired) electrons. The van der Waals surface area contributed by atoms with Gasteiger partial charge < -0.3 is 15.2 Å². The Labute approximate surface area is 119 Å². The van der Waals surface area contributed by atoms with Gasteiger partial charge in [-0.25, -0.2) is 0 Å². The summed E-state index contributed by atoms with van der Waals surface area (Å²) >= 11 is 0. The first kappa shape index (κ1) is 14.8. The van der Waals surface area contributed by atoms with Crippen LogP contribution in [0.25, 0.3) is 10.9 Å². The predicted molar refractivity (Wildman–Crippen MR) is 84.0 cm³/mol. The van der Waals surface area contributed by atoms with E-state index >= 15 is 0 Å². The number of nitrogens with one attached hydrogen (secondary N) is 2. The molecule has 0 spiro atoms. The molecular weight excluding hydrogens is 250 g/mol. The Hall–Kier alpha value is -1.65. The molecule has 2 aromatic rings. The summed E-state index contributed by atoms with van der Waals surface area (Å²) < 4.78 is 0. The van der Waals surface area contributed by atoms with Crippen molar-refractivity contribution < 1.29 is 0 Å². The van der Waals surface area contributed by atoms with Gasteiger partial charge in [0, 0.05) is 36.8 Å². The lowest BCUT2D eigenvalue weighted by Crippen LogP contribution is -2.34. The van der Waals surface area contributed by atoms with Crippen molar-refractivity contribution >= 4 is 10.9 Å². The highest BCUT2D eigenvalue weighted by Crippen LogP contribution is 2.09. The van der Waals surface area contributed by atoms with E-state index in [1.165, 1.54) is 0 Å². The lowest BCUT2D eigenvalue weighted by molar-refractivity contribution is 0.273. The highest BCUT2D eigenvalue weighted by atomic mass is 16.1. The third-order valence-corrected chi connectivity index (χ3v) is 3.67. The van der Waals surface area contributed by atoms with E-state index < -0.39 is 0 Å². The van der Waals surface area contributed by atoms with E-state index in [1.54, 1.807) is 0 Å². The molecule has 4 heteroatoms. The number of hydrogen-bond donors (Lipinski definition) is 2. The van der Waals surface area contributed by atoms with Crippen molar-refractivity contribution in [3.05, 3.63) is 46.2 Å². The van der Waals surface area contributed by atoms with Crippen molar-refractivity contribution in [2.45, 2.75) is 26.4 Å². The van der Waals surface area contributed by atoms with E-state index in [-0.39, 0.29) is 5.56 Å². The van der Waals surface area contributed by atoms with Crippen LogP contribution in [0.15, 0.2) is 35.1 Å². The molecule has 20 heavy (non-hydrogen) atoms. The minimum atomic E-state index is -0.00610. The highest BCUT2D eigenvalue weighted by molar-refractivity contribution is 5.78. The number of benzene rings is 1. The lowest BCUT2D eigenvalue weighted by Gasteiger charge is -2.20. The fraction of sp³-hybridized carbons (Fsp3) is 0.438. The summed E-state index contributed by atoms with van der Waals surface area (Å²) in [6, 6.07) is 10.4. The molecule has 0 fully saturated rings. The second-order valence-corrected chi connectivity index (χ2v) is 5.46. The Morgan fingerprint density at radius 2 is 2.05 bits per heavy atom. The minimum Gasteiger partial charge on any atom is -0.322 e. The van der Waals surface area contributed by atoms with Gasteiger partial charge in [0.25, 0.3) is 5.56 Å². The highest BCUT2D eigenvalue weighted by Gasteiger charge is 2.04. The SMILES string of the molecule is CC(C)N(C)CCNCc1cc2ccccc2[nH]c1=O. The molecule has 0 atom stereocenters. The third kappa shape index (κ3) is 3.68. The third-order valence-electron chi connectivity index (χ3n) is 3.67. The van der Waals surface area contributed by atoms with Crippen molar-refractivity contribution in [3.8, 4) is 0 Å². The maximum Gasteiger partial charge on any atom is 0.252 e. The summed E-state index contributed by atoms with van der Waals surface area (Å²) in [6.07, 6.45) is 0. The zero-order valence-corrected chi connectivity index (χ0v) is 12.4. The molecule has 0 aliphatic heterocycles. The van der Waals surface area contributed by atoms with Crippen LogP contribution >= 0.6 is 0 Å². The number of aromatic nitrogens is 1. The number of fused-ring (bicyclic) bond motifs is 1. The van der Waals surface area contributed by atoms with Gasteiger partial charge in [-0.2, -0.15) is 0 Å². The van der Waals surface area contributed by atoms with E-state index in [1.807, 2.05) is 30.3 Å². The fourth-order valence-electron chi connectivity index (χ4n) is 2.06. The standard InChI is InChI=1S/C16H23N3O/c1-12(2)19(3)9-8-17-11-14-10-13-6-4-5-7-15(13)18-16(14)20/h4-7,10,12,17H,8-9,11H2,1-3H3,(H,18,20). The van der Waals surface area contributed by atoms with Crippen LogP contribution in [-0.2, 0) is 6.54 Å².